The summed E-state index contributed by atoms with van der Waals surface area (Å²) in [5.74, 6) is 2.18. The van der Waals surface area contributed by atoms with Gasteiger partial charge >= 0.3 is 0 Å². The van der Waals surface area contributed by atoms with Gasteiger partial charge in [0.1, 0.15) is 11.6 Å². The van der Waals surface area contributed by atoms with Crippen LogP contribution in [0.25, 0.3) is 0 Å². The Hall–Kier alpha value is -1.94. The molecular weight excluding hydrogens is 296 g/mol. The molecule has 2 aliphatic heterocycles. The first-order chi connectivity index (χ1) is 11.8. The van der Waals surface area contributed by atoms with Gasteiger partial charge in [-0.15, -0.1) is 0 Å². The highest BCUT2D eigenvalue weighted by molar-refractivity contribution is 5.51. The molecule has 1 fully saturated rings. The van der Waals surface area contributed by atoms with Crippen LogP contribution in [0.2, 0.25) is 0 Å². The van der Waals surface area contributed by atoms with E-state index < -0.39 is 0 Å². The predicted octanol–water partition coefficient (Wildman–Crippen LogP) is 3.20. The standard InChI is InChI=1S/C20H26N4/c1-15-17-9-6-13-24(14-11-16-7-3-2-4-8-16)20(17)23-19(22-15)18-10-5-12-21-18/h2-4,7-8,18,21H,5-6,9-14H2,1H3. The van der Waals surface area contributed by atoms with E-state index in [1.165, 1.54) is 35.5 Å². The van der Waals surface area contributed by atoms with Crippen LogP contribution >= 0.6 is 0 Å². The van der Waals surface area contributed by atoms with Crippen LogP contribution in [0.3, 0.4) is 0 Å². The van der Waals surface area contributed by atoms with Crippen molar-refractivity contribution in [2.75, 3.05) is 24.5 Å². The van der Waals surface area contributed by atoms with Gasteiger partial charge in [-0.05, 0) is 51.1 Å². The minimum atomic E-state index is 0.340. The molecule has 1 aromatic heterocycles. The number of nitrogens with zero attached hydrogens (tertiary/aromatic N) is 3. The fraction of sp³-hybridized carbons (Fsp3) is 0.500. The monoisotopic (exact) mass is 322 g/mol. The van der Waals surface area contributed by atoms with Crippen molar-refractivity contribution >= 4 is 5.82 Å². The Morgan fingerprint density at radius 3 is 2.83 bits per heavy atom. The van der Waals surface area contributed by atoms with Gasteiger partial charge in [0.25, 0.3) is 0 Å². The quantitative estimate of drug-likeness (QED) is 0.938. The number of benzene rings is 1. The van der Waals surface area contributed by atoms with Crippen LogP contribution < -0.4 is 10.2 Å². The van der Waals surface area contributed by atoms with E-state index in [1.54, 1.807) is 0 Å². The van der Waals surface area contributed by atoms with Gasteiger partial charge in [0, 0.05) is 24.3 Å². The molecule has 2 aliphatic rings. The number of hydrogen-bond donors (Lipinski definition) is 1. The zero-order chi connectivity index (χ0) is 16.4. The van der Waals surface area contributed by atoms with Crippen molar-refractivity contribution in [3.8, 4) is 0 Å². The molecule has 4 rings (SSSR count). The third-order valence-electron chi connectivity index (χ3n) is 5.25. The highest BCUT2D eigenvalue weighted by Crippen LogP contribution is 2.30. The van der Waals surface area contributed by atoms with E-state index in [0.717, 1.165) is 44.7 Å². The third-order valence-corrected chi connectivity index (χ3v) is 5.25. The molecule has 1 saturated heterocycles. The molecule has 0 spiro atoms. The zero-order valence-electron chi connectivity index (χ0n) is 14.5. The molecule has 24 heavy (non-hydrogen) atoms. The molecule has 126 valence electrons. The van der Waals surface area contributed by atoms with Crippen LogP contribution in [0.5, 0.6) is 0 Å². The van der Waals surface area contributed by atoms with Crippen molar-refractivity contribution in [2.45, 2.75) is 45.1 Å². The first kappa shape index (κ1) is 15.6. The maximum atomic E-state index is 5.00. The molecule has 0 aliphatic carbocycles. The Morgan fingerprint density at radius 1 is 1.17 bits per heavy atom. The lowest BCUT2D eigenvalue weighted by Crippen LogP contribution is -2.34. The van der Waals surface area contributed by atoms with Crippen LogP contribution in [0.15, 0.2) is 30.3 Å². The van der Waals surface area contributed by atoms with Crippen molar-refractivity contribution in [2.24, 2.45) is 0 Å². The summed E-state index contributed by atoms with van der Waals surface area (Å²) in [6.45, 7) is 5.38. The first-order valence-corrected chi connectivity index (χ1v) is 9.21. The molecule has 2 aromatic rings. The lowest BCUT2D eigenvalue weighted by molar-refractivity contribution is 0.588. The maximum Gasteiger partial charge on any atom is 0.147 e. The van der Waals surface area contributed by atoms with Crippen molar-refractivity contribution < 1.29 is 0 Å². The number of rotatable bonds is 4. The average molecular weight is 322 g/mol. The first-order valence-electron chi connectivity index (χ1n) is 9.21. The third kappa shape index (κ3) is 3.16. The fourth-order valence-corrected chi connectivity index (χ4v) is 3.90. The van der Waals surface area contributed by atoms with Gasteiger partial charge in [-0.25, -0.2) is 9.97 Å². The largest absolute Gasteiger partial charge is 0.356 e. The maximum absolute atomic E-state index is 5.00. The Balaban J connectivity index is 1.58. The van der Waals surface area contributed by atoms with E-state index in [1.807, 2.05) is 0 Å². The molecule has 1 N–H and O–H groups in total. The second kappa shape index (κ2) is 6.89. The number of fused-ring (bicyclic) bond motifs is 1. The van der Waals surface area contributed by atoms with Gasteiger partial charge in [-0.1, -0.05) is 30.3 Å². The van der Waals surface area contributed by atoms with E-state index in [-0.39, 0.29) is 0 Å². The second-order valence-corrected chi connectivity index (χ2v) is 6.94. The van der Waals surface area contributed by atoms with Gasteiger partial charge < -0.3 is 10.2 Å². The molecular formula is C20H26N4. The van der Waals surface area contributed by atoms with E-state index in [2.05, 4.69) is 47.5 Å². The fourth-order valence-electron chi connectivity index (χ4n) is 3.90. The summed E-state index contributed by atoms with van der Waals surface area (Å²) in [5, 5.41) is 3.54. The zero-order valence-corrected chi connectivity index (χ0v) is 14.5. The summed E-state index contributed by atoms with van der Waals surface area (Å²) in [5.41, 5.74) is 3.93. The van der Waals surface area contributed by atoms with Gasteiger partial charge in [0.15, 0.2) is 0 Å². The van der Waals surface area contributed by atoms with E-state index in [4.69, 9.17) is 9.97 Å². The number of aromatic nitrogens is 2. The Kier molecular flexibility index (Phi) is 4.48. The minimum Gasteiger partial charge on any atom is -0.356 e. The topological polar surface area (TPSA) is 41.1 Å². The van der Waals surface area contributed by atoms with Gasteiger partial charge in [-0.3, -0.25) is 0 Å². The summed E-state index contributed by atoms with van der Waals surface area (Å²) < 4.78 is 0. The molecule has 0 saturated carbocycles. The molecule has 1 aromatic carbocycles. The number of nitrogens with one attached hydrogen (secondary N) is 1. The molecule has 0 bridgehead atoms. The summed E-state index contributed by atoms with van der Waals surface area (Å²) >= 11 is 0. The SMILES string of the molecule is Cc1nc(C2CCCN2)nc2c1CCCN2CCc1ccccc1. The second-order valence-electron chi connectivity index (χ2n) is 6.94. The lowest BCUT2D eigenvalue weighted by atomic mass is 10.0. The predicted molar refractivity (Wildman–Crippen MR) is 97.4 cm³/mol. The van der Waals surface area contributed by atoms with Crippen molar-refractivity contribution in [3.63, 3.8) is 0 Å². The van der Waals surface area contributed by atoms with Crippen LogP contribution in [-0.2, 0) is 12.8 Å². The average Bonchev–Trinajstić information content (AvgIpc) is 3.15. The van der Waals surface area contributed by atoms with Crippen LogP contribution in [0, 0.1) is 6.92 Å². The van der Waals surface area contributed by atoms with Crippen LogP contribution in [0.1, 0.15) is 47.9 Å². The Morgan fingerprint density at radius 2 is 2.04 bits per heavy atom. The summed E-state index contributed by atoms with van der Waals surface area (Å²) in [6, 6.07) is 11.1. The molecule has 1 atom stereocenters. The molecule has 0 radical (unpaired) electrons. The number of anilines is 1. The normalized spacial score (nSPS) is 20.2. The van der Waals surface area contributed by atoms with Gasteiger partial charge in [-0.2, -0.15) is 0 Å². The van der Waals surface area contributed by atoms with E-state index in [0.29, 0.717) is 6.04 Å². The molecule has 1 unspecified atom stereocenters. The van der Waals surface area contributed by atoms with Crippen molar-refractivity contribution in [1.82, 2.24) is 15.3 Å². The minimum absolute atomic E-state index is 0.340. The summed E-state index contributed by atoms with van der Waals surface area (Å²) in [7, 11) is 0. The smallest absolute Gasteiger partial charge is 0.147 e. The van der Waals surface area contributed by atoms with Crippen molar-refractivity contribution in [1.29, 1.82) is 0 Å². The van der Waals surface area contributed by atoms with Crippen LogP contribution in [0.4, 0.5) is 5.82 Å². The molecule has 4 heteroatoms. The van der Waals surface area contributed by atoms with Crippen molar-refractivity contribution in [3.05, 3.63) is 53.0 Å². The van der Waals surface area contributed by atoms with E-state index in [9.17, 15) is 0 Å². The number of aryl methyl sites for hydroxylation is 1. The van der Waals surface area contributed by atoms with E-state index >= 15 is 0 Å². The summed E-state index contributed by atoms with van der Waals surface area (Å²) in [4.78, 5) is 12.3. The Labute approximate surface area is 144 Å². The van der Waals surface area contributed by atoms with Crippen LogP contribution in [-0.4, -0.2) is 29.6 Å². The molecule has 3 heterocycles. The van der Waals surface area contributed by atoms with Gasteiger partial charge in [0.05, 0.1) is 6.04 Å². The Bertz CT molecular complexity index is 692. The lowest BCUT2D eigenvalue weighted by Gasteiger charge is -2.31. The molecule has 4 nitrogen and oxygen atoms in total. The molecule has 0 amide bonds. The van der Waals surface area contributed by atoms with Gasteiger partial charge in [0.2, 0.25) is 0 Å². The summed E-state index contributed by atoms with van der Waals surface area (Å²) in [6.07, 6.45) is 5.76. The highest BCUT2D eigenvalue weighted by Gasteiger charge is 2.25. The number of hydrogen-bond acceptors (Lipinski definition) is 4. The highest BCUT2D eigenvalue weighted by atomic mass is 15.2.